The highest BCUT2D eigenvalue weighted by atomic mass is 32.2. The zero-order valence-corrected chi connectivity index (χ0v) is 32.6. The zero-order chi connectivity index (χ0) is 36.4. The lowest BCUT2D eigenvalue weighted by Crippen LogP contribution is -2.31. The number of hydrogen-bond acceptors (Lipinski definition) is 3. The summed E-state index contributed by atoms with van der Waals surface area (Å²) in [5, 5.41) is 3.58. The van der Waals surface area contributed by atoms with Crippen molar-refractivity contribution in [3.05, 3.63) is 202 Å². The van der Waals surface area contributed by atoms with Gasteiger partial charge >= 0.3 is 0 Å². The summed E-state index contributed by atoms with van der Waals surface area (Å²) >= 11 is 3.74. The highest BCUT2D eigenvalue weighted by molar-refractivity contribution is 8.03. The van der Waals surface area contributed by atoms with Crippen LogP contribution in [0.3, 0.4) is 0 Å². The molecule has 1 aromatic heterocycles. The minimum Gasteiger partial charge on any atom is -0.338 e. The van der Waals surface area contributed by atoms with Crippen LogP contribution in [-0.4, -0.2) is 6.04 Å². The van der Waals surface area contributed by atoms with E-state index >= 15 is 0 Å². The molecule has 0 bridgehead atoms. The molecule has 2 aliphatic carbocycles. The largest absolute Gasteiger partial charge is 0.338 e. The molecule has 2 unspecified atom stereocenters. The van der Waals surface area contributed by atoms with E-state index in [0.29, 0.717) is 0 Å². The second-order valence-electron chi connectivity index (χ2n) is 13.9. The molecule has 0 saturated heterocycles. The Bertz CT molecular complexity index is 2210. The van der Waals surface area contributed by atoms with Crippen LogP contribution in [0.2, 0.25) is 0 Å². The molecule has 3 aliphatic rings. The average Bonchev–Trinajstić information content (AvgIpc) is 3.40. The number of rotatable bonds is 12. The van der Waals surface area contributed by atoms with Crippen molar-refractivity contribution in [1.29, 1.82) is 0 Å². The van der Waals surface area contributed by atoms with Gasteiger partial charge in [0.1, 0.15) is 0 Å². The van der Waals surface area contributed by atoms with E-state index < -0.39 is 0 Å². The van der Waals surface area contributed by atoms with Crippen LogP contribution in [0.5, 0.6) is 0 Å². The highest BCUT2D eigenvalue weighted by Gasteiger charge is 2.25. The van der Waals surface area contributed by atoms with Crippen LogP contribution in [0.1, 0.15) is 62.6 Å². The third kappa shape index (κ3) is 8.87. The molecule has 0 fully saturated rings. The Labute approximate surface area is 325 Å². The molecule has 2 heterocycles. The van der Waals surface area contributed by atoms with Gasteiger partial charge in [0, 0.05) is 37.2 Å². The van der Waals surface area contributed by atoms with Gasteiger partial charge in [-0.2, -0.15) is 0 Å². The summed E-state index contributed by atoms with van der Waals surface area (Å²) in [4.78, 5) is 5.26. The van der Waals surface area contributed by atoms with Crippen molar-refractivity contribution in [2.75, 3.05) is 4.90 Å². The number of thioether (sulfide) groups is 1. The number of para-hydroxylation sites is 1. The Morgan fingerprint density at radius 3 is 2.68 bits per heavy atom. The molecule has 3 aromatic carbocycles. The normalized spacial score (nSPS) is 19.2. The third-order valence-electron chi connectivity index (χ3n) is 10.2. The van der Waals surface area contributed by atoms with Gasteiger partial charge in [-0.15, -0.1) is 11.3 Å². The molecule has 3 heteroatoms. The number of unbranched alkanes of at least 4 members (excludes halogenated alkanes) is 1. The monoisotopic (exact) mass is 727 g/mol. The first-order chi connectivity index (χ1) is 26.1. The number of anilines is 1. The molecule has 0 N–H and O–H groups in total. The summed E-state index contributed by atoms with van der Waals surface area (Å²) < 4.78 is 1.31. The van der Waals surface area contributed by atoms with Gasteiger partial charge in [0.2, 0.25) is 0 Å². The van der Waals surface area contributed by atoms with E-state index in [1.165, 1.54) is 65.5 Å². The maximum absolute atomic E-state index is 4.40. The highest BCUT2D eigenvalue weighted by Crippen LogP contribution is 2.46. The van der Waals surface area contributed by atoms with Crippen molar-refractivity contribution in [2.45, 2.75) is 63.3 Å². The smallest absolute Gasteiger partial charge is 0.0553 e. The molecule has 0 amide bonds. The summed E-state index contributed by atoms with van der Waals surface area (Å²) in [5.41, 5.74) is 10.2. The van der Waals surface area contributed by atoms with Crippen molar-refractivity contribution in [3.63, 3.8) is 0 Å². The Morgan fingerprint density at radius 1 is 0.943 bits per heavy atom. The van der Waals surface area contributed by atoms with Gasteiger partial charge in [0.25, 0.3) is 0 Å². The van der Waals surface area contributed by atoms with E-state index in [9.17, 15) is 0 Å². The minimum atomic E-state index is 0.235. The lowest BCUT2D eigenvalue weighted by molar-refractivity contribution is 0.759. The molecule has 0 radical (unpaired) electrons. The molecule has 0 saturated carbocycles. The Morgan fingerprint density at radius 2 is 1.81 bits per heavy atom. The topological polar surface area (TPSA) is 3.24 Å². The summed E-state index contributed by atoms with van der Waals surface area (Å²) in [5.74, 6) is 0.235. The first-order valence-electron chi connectivity index (χ1n) is 19.0. The summed E-state index contributed by atoms with van der Waals surface area (Å²) in [6.45, 7) is 8.85. The molecule has 7 rings (SSSR count). The fourth-order valence-electron chi connectivity index (χ4n) is 7.41. The third-order valence-corrected chi connectivity index (χ3v) is 12.4. The van der Waals surface area contributed by atoms with Crippen molar-refractivity contribution >= 4 is 51.0 Å². The second kappa shape index (κ2) is 17.8. The summed E-state index contributed by atoms with van der Waals surface area (Å²) in [7, 11) is 0. The Hall–Kier alpha value is -4.83. The molecular weight excluding hydrogens is 679 g/mol. The van der Waals surface area contributed by atoms with Crippen molar-refractivity contribution in [3.8, 4) is 0 Å². The first kappa shape index (κ1) is 36.5. The Kier molecular flexibility index (Phi) is 12.3. The molecule has 4 aromatic rings. The van der Waals surface area contributed by atoms with Crippen LogP contribution < -0.4 is 4.90 Å². The van der Waals surface area contributed by atoms with E-state index in [1.54, 1.807) is 0 Å². The van der Waals surface area contributed by atoms with Gasteiger partial charge in [-0.25, -0.2) is 0 Å². The van der Waals surface area contributed by atoms with Crippen molar-refractivity contribution in [1.82, 2.24) is 0 Å². The molecule has 266 valence electrons. The van der Waals surface area contributed by atoms with Gasteiger partial charge in [0.05, 0.1) is 6.04 Å². The SMILES string of the molecule is C=CC(=C\C=C(/C)N(c1ccccc1)C1C=CCC=CC1)/C(=C\c1ccc2scc(/C=C\C=CCCC)c2c1)C1C=C2Cc3ccccc3SC2=CC1. The Balaban J connectivity index is 1.29. The summed E-state index contributed by atoms with van der Waals surface area (Å²) in [6, 6.07) is 26.8. The van der Waals surface area contributed by atoms with E-state index in [1.807, 2.05) is 23.1 Å². The van der Waals surface area contributed by atoms with E-state index in [2.05, 4.69) is 189 Å². The van der Waals surface area contributed by atoms with Crippen LogP contribution in [0, 0.1) is 5.92 Å². The average molecular weight is 728 g/mol. The molecule has 1 aliphatic heterocycles. The van der Waals surface area contributed by atoms with Crippen molar-refractivity contribution < 1.29 is 0 Å². The van der Waals surface area contributed by atoms with Gasteiger partial charge in [0.15, 0.2) is 0 Å². The lowest BCUT2D eigenvalue weighted by atomic mass is 9.82. The maximum atomic E-state index is 4.40. The van der Waals surface area contributed by atoms with Crippen LogP contribution in [0.4, 0.5) is 5.69 Å². The second-order valence-corrected chi connectivity index (χ2v) is 15.9. The van der Waals surface area contributed by atoms with Crippen LogP contribution in [-0.2, 0) is 6.42 Å². The maximum Gasteiger partial charge on any atom is 0.0553 e. The molecule has 1 nitrogen and oxygen atoms in total. The summed E-state index contributed by atoms with van der Waals surface area (Å²) in [6.07, 6.45) is 38.3. The van der Waals surface area contributed by atoms with Gasteiger partial charge in [-0.3, -0.25) is 0 Å². The van der Waals surface area contributed by atoms with Crippen molar-refractivity contribution in [2.24, 2.45) is 5.92 Å². The molecule has 2 atom stereocenters. The van der Waals surface area contributed by atoms with E-state index in [4.69, 9.17) is 0 Å². The molecular formula is C50H49NS2. The fourth-order valence-corrected chi connectivity index (χ4v) is 9.42. The number of fused-ring (bicyclic) bond motifs is 3. The van der Waals surface area contributed by atoms with E-state index in [-0.39, 0.29) is 12.0 Å². The standard InChI is InChI=1S/C50H49NS2/c1-4-6-7-8-12-20-42-36-52-50-30-27-38(33-47(42)50)32-46(40-29-31-49-43(34-40)35-41-19-17-18-25-48(41)53-49)39(5-2)28-26-37(3)51(45-23-15-11-16-24-45)44-21-13-9-10-14-22-44/h5,7-9,11-20,22-28,30-34,36,40,44H,2,4,6,10,21,29,35H2,1,3H3/b8-7?,20-12-,37-26+,39-28+,46-32+. The minimum absolute atomic E-state index is 0.235. The number of allylic oxidation sites excluding steroid dienone is 14. The molecule has 0 spiro atoms. The number of thiophene rings is 1. The lowest BCUT2D eigenvalue weighted by Gasteiger charge is -2.32. The first-order valence-corrected chi connectivity index (χ1v) is 20.7. The quantitative estimate of drug-likeness (QED) is 0.106. The van der Waals surface area contributed by atoms with Crippen LogP contribution >= 0.6 is 23.1 Å². The van der Waals surface area contributed by atoms with E-state index in [0.717, 1.165) is 37.7 Å². The number of hydrogen-bond donors (Lipinski definition) is 0. The number of benzene rings is 3. The molecule has 53 heavy (non-hydrogen) atoms. The van der Waals surface area contributed by atoms with Gasteiger partial charge in [-0.1, -0.05) is 153 Å². The predicted molar refractivity (Wildman–Crippen MR) is 235 cm³/mol. The number of nitrogens with zero attached hydrogens (tertiary/aromatic N) is 1. The zero-order valence-electron chi connectivity index (χ0n) is 31.0. The van der Waals surface area contributed by atoms with Crippen LogP contribution in [0.25, 0.3) is 22.2 Å². The fraction of sp³-hybridized carbons (Fsp3) is 0.200. The predicted octanol–water partition coefficient (Wildman–Crippen LogP) is 14.6. The van der Waals surface area contributed by atoms with Crippen LogP contribution in [0.15, 0.2) is 190 Å². The van der Waals surface area contributed by atoms with Gasteiger partial charge < -0.3 is 4.90 Å². The van der Waals surface area contributed by atoms with Gasteiger partial charge in [-0.05, 0) is 114 Å².